The Hall–Kier alpha value is -1.66. The van der Waals surface area contributed by atoms with Gasteiger partial charge in [-0.05, 0) is 54.1 Å². The van der Waals surface area contributed by atoms with Crippen LogP contribution in [0.25, 0.3) is 0 Å². The minimum Gasteiger partial charge on any atom is -0.423 e. The molecule has 2 aromatic rings. The minimum absolute atomic E-state index is 0.335. The van der Waals surface area contributed by atoms with Crippen molar-refractivity contribution in [3.63, 3.8) is 0 Å². The van der Waals surface area contributed by atoms with E-state index in [0.29, 0.717) is 17.3 Å². The first-order valence-electron chi connectivity index (χ1n) is 6.37. The van der Waals surface area contributed by atoms with E-state index in [9.17, 15) is 5.11 Å². The second-order valence-electron chi connectivity index (χ2n) is 4.73. The van der Waals surface area contributed by atoms with Gasteiger partial charge in [0.25, 0.3) is 0 Å². The van der Waals surface area contributed by atoms with Gasteiger partial charge in [0.2, 0.25) is 11.8 Å². The average molecular weight is 398 g/mol. The smallest absolute Gasteiger partial charge is 0.241 e. The van der Waals surface area contributed by atoms with Crippen molar-refractivity contribution in [3.8, 4) is 6.07 Å². The predicted molar refractivity (Wildman–Crippen MR) is 85.7 cm³/mol. The first kappa shape index (κ1) is 15.7. The molecule has 0 fully saturated rings. The lowest BCUT2D eigenvalue weighted by Crippen LogP contribution is -2.23. The number of aromatic nitrogens is 2. The topological polar surface area (TPSA) is 95.0 Å². The number of nitriles is 1. The van der Waals surface area contributed by atoms with Crippen molar-refractivity contribution in [1.29, 1.82) is 5.26 Å². The number of halogens is 1. The van der Waals surface area contributed by atoms with E-state index < -0.39 is 12.1 Å². The number of aryl methyl sites for hydroxylation is 1. The van der Waals surface area contributed by atoms with E-state index in [0.717, 1.165) is 14.8 Å². The van der Waals surface area contributed by atoms with Crippen molar-refractivity contribution in [2.45, 2.75) is 32.9 Å². The third kappa shape index (κ3) is 3.33. The highest BCUT2D eigenvalue weighted by Crippen LogP contribution is 2.28. The molecule has 1 heterocycles. The predicted octanol–water partition coefficient (Wildman–Crippen LogP) is 2.70. The lowest BCUT2D eigenvalue weighted by atomic mass is 10.1. The summed E-state index contributed by atoms with van der Waals surface area (Å²) in [5.41, 5.74) is 2.39. The van der Waals surface area contributed by atoms with Gasteiger partial charge in [-0.1, -0.05) is 0 Å². The summed E-state index contributed by atoms with van der Waals surface area (Å²) in [6, 6.07) is 5.20. The summed E-state index contributed by atoms with van der Waals surface area (Å²) in [6.07, 6.45) is -0.711. The van der Waals surface area contributed by atoms with Gasteiger partial charge in [-0.25, -0.2) is 0 Å². The van der Waals surface area contributed by atoms with E-state index in [-0.39, 0.29) is 0 Å². The van der Waals surface area contributed by atoms with Crippen LogP contribution in [0.1, 0.15) is 35.9 Å². The minimum atomic E-state index is -0.711. The first-order valence-corrected chi connectivity index (χ1v) is 7.45. The van der Waals surface area contributed by atoms with Gasteiger partial charge in [0.05, 0.1) is 11.7 Å². The highest BCUT2D eigenvalue weighted by atomic mass is 127. The van der Waals surface area contributed by atoms with E-state index in [4.69, 9.17) is 9.68 Å². The Balaban J connectivity index is 2.35. The molecule has 6 nitrogen and oxygen atoms in total. The Morgan fingerprint density at radius 2 is 2.10 bits per heavy atom. The van der Waals surface area contributed by atoms with Crippen LogP contribution in [-0.4, -0.2) is 21.4 Å². The molecule has 1 aromatic heterocycles. The molecule has 110 valence electrons. The number of nitrogens with zero attached hydrogens (tertiary/aromatic N) is 3. The van der Waals surface area contributed by atoms with Crippen LogP contribution < -0.4 is 5.32 Å². The molecular formula is C14H15IN4O2. The van der Waals surface area contributed by atoms with Gasteiger partial charge >= 0.3 is 0 Å². The van der Waals surface area contributed by atoms with Crippen LogP contribution in [0.3, 0.4) is 0 Å². The van der Waals surface area contributed by atoms with Crippen LogP contribution >= 0.6 is 22.6 Å². The largest absolute Gasteiger partial charge is 0.423 e. The molecule has 0 amide bonds. The van der Waals surface area contributed by atoms with Crippen LogP contribution in [0.4, 0.5) is 5.69 Å². The molecule has 2 atom stereocenters. The van der Waals surface area contributed by atoms with Crippen LogP contribution in [0.5, 0.6) is 0 Å². The number of hydrogen-bond acceptors (Lipinski definition) is 6. The molecule has 7 heteroatoms. The maximum Gasteiger partial charge on any atom is 0.241 e. The molecule has 1 aromatic carbocycles. The Bertz CT molecular complexity index is 691. The molecule has 2 N–H and O–H groups in total. The summed E-state index contributed by atoms with van der Waals surface area (Å²) in [5.74, 6) is 0.782. The van der Waals surface area contributed by atoms with E-state index in [1.54, 1.807) is 19.9 Å². The van der Waals surface area contributed by atoms with Gasteiger partial charge in [-0.3, -0.25) is 0 Å². The van der Waals surface area contributed by atoms with Gasteiger partial charge in [0.1, 0.15) is 12.1 Å². The van der Waals surface area contributed by atoms with Gasteiger partial charge < -0.3 is 14.8 Å². The summed E-state index contributed by atoms with van der Waals surface area (Å²) in [4.78, 5) is 0. The summed E-state index contributed by atoms with van der Waals surface area (Å²) in [7, 11) is 0. The summed E-state index contributed by atoms with van der Waals surface area (Å²) < 4.78 is 6.28. The molecule has 0 aliphatic rings. The highest BCUT2D eigenvalue weighted by Gasteiger charge is 2.24. The number of hydrogen-bond donors (Lipinski definition) is 2. The van der Waals surface area contributed by atoms with Gasteiger partial charge in [-0.2, -0.15) is 5.26 Å². The van der Waals surface area contributed by atoms with Crippen molar-refractivity contribution in [1.82, 2.24) is 10.2 Å². The fourth-order valence-corrected chi connectivity index (χ4v) is 2.51. The van der Waals surface area contributed by atoms with Crippen molar-refractivity contribution >= 4 is 28.3 Å². The molecule has 21 heavy (non-hydrogen) atoms. The highest BCUT2D eigenvalue weighted by molar-refractivity contribution is 14.1. The second-order valence-corrected chi connectivity index (χ2v) is 5.81. The van der Waals surface area contributed by atoms with Crippen LogP contribution in [0, 0.1) is 28.7 Å². The summed E-state index contributed by atoms with van der Waals surface area (Å²) in [6.45, 7) is 5.27. The normalized spacial score (nSPS) is 13.5. The number of benzene rings is 1. The lowest BCUT2D eigenvalue weighted by molar-refractivity contribution is 0.159. The SMILES string of the molecule is Cc1nnc([C@H](Nc2ccc(C#N)c(I)c2C)[C@H](C)O)o1. The number of nitrogens with one attached hydrogen (secondary N) is 1. The van der Waals surface area contributed by atoms with Crippen LogP contribution in [0.15, 0.2) is 16.5 Å². The molecule has 0 radical (unpaired) electrons. The quantitative estimate of drug-likeness (QED) is 0.770. The number of aliphatic hydroxyl groups is 1. The molecule has 0 unspecified atom stereocenters. The Morgan fingerprint density at radius 3 is 2.62 bits per heavy atom. The van der Waals surface area contributed by atoms with Gasteiger partial charge in [-0.15, -0.1) is 10.2 Å². The Labute approximate surface area is 136 Å². The molecule has 0 spiro atoms. The Kier molecular flexibility index (Phi) is 4.80. The third-order valence-corrected chi connectivity index (χ3v) is 4.50. The molecule has 0 aliphatic heterocycles. The monoisotopic (exact) mass is 398 g/mol. The summed E-state index contributed by atoms with van der Waals surface area (Å²) in [5, 5.41) is 29.9. The van der Waals surface area contributed by atoms with Gasteiger partial charge in [0.15, 0.2) is 0 Å². The van der Waals surface area contributed by atoms with Crippen molar-refractivity contribution in [2.75, 3.05) is 5.32 Å². The Morgan fingerprint density at radius 1 is 1.38 bits per heavy atom. The summed E-state index contributed by atoms with van der Waals surface area (Å²) >= 11 is 2.14. The van der Waals surface area contributed by atoms with E-state index in [1.165, 1.54) is 0 Å². The number of anilines is 1. The third-order valence-electron chi connectivity index (χ3n) is 3.11. The van der Waals surface area contributed by atoms with E-state index in [2.05, 4.69) is 44.2 Å². The van der Waals surface area contributed by atoms with Crippen molar-refractivity contribution < 1.29 is 9.52 Å². The maximum atomic E-state index is 9.95. The number of aliphatic hydroxyl groups excluding tert-OH is 1. The fourth-order valence-electron chi connectivity index (χ4n) is 1.92. The molecule has 2 rings (SSSR count). The maximum absolute atomic E-state index is 9.95. The molecule has 0 aliphatic carbocycles. The van der Waals surface area contributed by atoms with Crippen molar-refractivity contribution in [3.05, 3.63) is 38.6 Å². The zero-order chi connectivity index (χ0) is 15.6. The zero-order valence-electron chi connectivity index (χ0n) is 11.9. The van der Waals surface area contributed by atoms with Crippen molar-refractivity contribution in [2.24, 2.45) is 0 Å². The molecule has 0 bridgehead atoms. The van der Waals surface area contributed by atoms with Crippen LogP contribution in [-0.2, 0) is 0 Å². The van der Waals surface area contributed by atoms with E-state index >= 15 is 0 Å². The number of rotatable bonds is 4. The molecule has 0 saturated carbocycles. The molecule has 0 saturated heterocycles. The average Bonchev–Trinajstić information content (AvgIpc) is 2.86. The van der Waals surface area contributed by atoms with Gasteiger partial charge in [0, 0.05) is 16.2 Å². The lowest BCUT2D eigenvalue weighted by Gasteiger charge is -2.21. The first-order chi connectivity index (χ1) is 9.93. The second kappa shape index (κ2) is 6.41. The zero-order valence-corrected chi connectivity index (χ0v) is 14.0. The fraction of sp³-hybridized carbons (Fsp3) is 0.357. The van der Waals surface area contributed by atoms with E-state index in [1.807, 2.05) is 13.0 Å². The standard InChI is InChI=1S/C14H15IN4O2/c1-7-11(5-4-10(6-16)12(7)15)17-13(8(2)20)14-19-18-9(3)21-14/h4-5,8,13,17,20H,1-3H3/t8-,13+/m0/s1. The molecular weight excluding hydrogens is 383 g/mol. The van der Waals surface area contributed by atoms with Crippen LogP contribution in [0.2, 0.25) is 0 Å².